The van der Waals surface area contributed by atoms with Crippen molar-refractivity contribution >= 4 is 21.6 Å². The van der Waals surface area contributed by atoms with Crippen LogP contribution in [0.5, 0.6) is 0 Å². The number of nitrogens with zero attached hydrogens (tertiary/aromatic N) is 2. The molecular weight excluding hydrogens is 323 g/mol. The monoisotopic (exact) mass is 344 g/mol. The minimum Gasteiger partial charge on any atom is -0.364 e. The Bertz CT molecular complexity index is 778. The number of methoxy groups -OCH3 is 1. The molecule has 0 amide bonds. The normalized spacial score (nSPS) is 27.8. The van der Waals surface area contributed by atoms with Crippen molar-refractivity contribution in [1.82, 2.24) is 9.27 Å². The van der Waals surface area contributed by atoms with Crippen LogP contribution >= 0.6 is 11.5 Å². The van der Waals surface area contributed by atoms with E-state index in [9.17, 15) is 4.39 Å². The molecule has 1 saturated heterocycles. The zero-order chi connectivity index (χ0) is 16.6. The molecular formula is C19H21FN2OS. The van der Waals surface area contributed by atoms with Gasteiger partial charge in [0.2, 0.25) is 0 Å². The largest absolute Gasteiger partial charge is 0.364 e. The number of hydrogen-bond donors (Lipinski definition) is 0. The molecule has 3 nitrogen and oxygen atoms in total. The summed E-state index contributed by atoms with van der Waals surface area (Å²) in [7, 11) is 1.70. The SMILES string of the molecule is COC1(c2nsc3cc(F)ccc23)C=CC(N2CCCCC2)C=C1. The smallest absolute Gasteiger partial charge is 0.148 e. The lowest BCUT2D eigenvalue weighted by atomic mass is 9.89. The van der Waals surface area contributed by atoms with E-state index in [0.717, 1.165) is 28.9 Å². The molecule has 0 saturated carbocycles. The van der Waals surface area contributed by atoms with Gasteiger partial charge in [0.25, 0.3) is 0 Å². The molecule has 1 aromatic carbocycles. The number of benzene rings is 1. The summed E-state index contributed by atoms with van der Waals surface area (Å²) >= 11 is 1.32. The highest BCUT2D eigenvalue weighted by atomic mass is 32.1. The molecule has 0 bridgehead atoms. The van der Waals surface area contributed by atoms with Crippen LogP contribution in [0.4, 0.5) is 4.39 Å². The first kappa shape index (κ1) is 15.9. The summed E-state index contributed by atoms with van der Waals surface area (Å²) in [6.07, 6.45) is 12.5. The summed E-state index contributed by atoms with van der Waals surface area (Å²) in [5.74, 6) is -0.232. The molecule has 1 fully saturated rings. The molecule has 0 N–H and O–H groups in total. The standard InChI is InChI=1S/C19H21FN2OS/c1-23-19(18-16-6-5-14(20)13-17(16)24-21-18)9-7-15(8-10-19)22-11-3-2-4-12-22/h5-10,13,15H,2-4,11-12H2,1H3. The van der Waals surface area contributed by atoms with Gasteiger partial charge in [-0.15, -0.1) is 0 Å². The maximum Gasteiger partial charge on any atom is 0.148 e. The second-order valence-electron chi connectivity index (χ2n) is 6.47. The van der Waals surface area contributed by atoms with E-state index in [4.69, 9.17) is 4.74 Å². The third-order valence-corrected chi connectivity index (χ3v) is 5.84. The van der Waals surface area contributed by atoms with Gasteiger partial charge in [-0.1, -0.05) is 18.6 Å². The number of likely N-dealkylation sites (tertiary alicyclic amines) is 1. The molecule has 126 valence electrons. The van der Waals surface area contributed by atoms with Crippen molar-refractivity contribution in [2.75, 3.05) is 20.2 Å². The van der Waals surface area contributed by atoms with Crippen LogP contribution < -0.4 is 0 Å². The molecule has 2 aliphatic rings. The second kappa shape index (κ2) is 6.39. The number of aromatic nitrogens is 1. The van der Waals surface area contributed by atoms with Crippen LogP contribution in [0.1, 0.15) is 25.0 Å². The Labute approximate surface area is 145 Å². The quantitative estimate of drug-likeness (QED) is 0.778. The first-order valence-corrected chi connectivity index (χ1v) is 9.22. The number of fused-ring (bicyclic) bond motifs is 1. The molecule has 0 unspecified atom stereocenters. The van der Waals surface area contributed by atoms with E-state index in [1.54, 1.807) is 13.2 Å². The fourth-order valence-corrected chi connectivity index (χ4v) is 4.51. The lowest BCUT2D eigenvalue weighted by molar-refractivity contribution is 0.0669. The third kappa shape index (κ3) is 2.70. The van der Waals surface area contributed by atoms with Crippen LogP contribution in [-0.4, -0.2) is 35.5 Å². The average Bonchev–Trinajstić information content (AvgIpc) is 3.06. The van der Waals surface area contributed by atoms with Gasteiger partial charge in [0, 0.05) is 18.5 Å². The van der Waals surface area contributed by atoms with Gasteiger partial charge in [0.05, 0.1) is 4.70 Å². The van der Waals surface area contributed by atoms with Gasteiger partial charge in [-0.2, -0.15) is 4.37 Å². The van der Waals surface area contributed by atoms with Gasteiger partial charge in [-0.25, -0.2) is 4.39 Å². The first-order valence-electron chi connectivity index (χ1n) is 8.45. The van der Waals surface area contributed by atoms with Crippen LogP contribution in [-0.2, 0) is 10.3 Å². The van der Waals surface area contributed by atoms with E-state index in [1.165, 1.54) is 42.9 Å². The molecule has 1 aliphatic heterocycles. The van der Waals surface area contributed by atoms with Crippen molar-refractivity contribution in [2.45, 2.75) is 30.9 Å². The Balaban J connectivity index is 1.66. The molecule has 0 atom stereocenters. The summed E-state index contributed by atoms with van der Waals surface area (Å²) < 4.78 is 24.7. The van der Waals surface area contributed by atoms with Gasteiger partial charge in [-0.05, 0) is 67.8 Å². The van der Waals surface area contributed by atoms with Crippen molar-refractivity contribution < 1.29 is 9.13 Å². The van der Waals surface area contributed by atoms with Crippen LogP contribution in [0.2, 0.25) is 0 Å². The molecule has 4 rings (SSSR count). The van der Waals surface area contributed by atoms with E-state index in [-0.39, 0.29) is 5.82 Å². The lowest BCUT2D eigenvalue weighted by Gasteiger charge is -2.35. The number of piperidine rings is 1. The fraction of sp³-hybridized carbons (Fsp3) is 0.421. The van der Waals surface area contributed by atoms with Crippen LogP contribution in [0, 0.1) is 5.82 Å². The number of halogens is 1. The third-order valence-electron chi connectivity index (χ3n) is 5.04. The minimum atomic E-state index is -0.664. The lowest BCUT2D eigenvalue weighted by Crippen LogP contribution is -2.39. The van der Waals surface area contributed by atoms with Crippen molar-refractivity contribution in [1.29, 1.82) is 0 Å². The fourth-order valence-electron chi connectivity index (χ4n) is 3.65. The zero-order valence-electron chi connectivity index (χ0n) is 13.7. The molecule has 1 aromatic heterocycles. The van der Waals surface area contributed by atoms with Crippen LogP contribution in [0.25, 0.3) is 10.1 Å². The molecule has 2 aromatic rings. The summed E-state index contributed by atoms with van der Waals surface area (Å²) in [6, 6.07) is 5.14. The predicted molar refractivity (Wildman–Crippen MR) is 95.8 cm³/mol. The van der Waals surface area contributed by atoms with E-state index in [0.29, 0.717) is 6.04 Å². The number of rotatable bonds is 3. The van der Waals surface area contributed by atoms with E-state index in [1.807, 2.05) is 0 Å². The molecule has 1 aliphatic carbocycles. The Hall–Kier alpha value is -1.56. The van der Waals surface area contributed by atoms with Gasteiger partial charge >= 0.3 is 0 Å². The van der Waals surface area contributed by atoms with Crippen LogP contribution in [0.3, 0.4) is 0 Å². The topological polar surface area (TPSA) is 25.4 Å². The number of ether oxygens (including phenoxy) is 1. The average molecular weight is 344 g/mol. The van der Waals surface area contributed by atoms with Crippen molar-refractivity contribution in [3.63, 3.8) is 0 Å². The summed E-state index contributed by atoms with van der Waals surface area (Å²) in [5, 5.41) is 0.953. The second-order valence-corrected chi connectivity index (χ2v) is 7.28. The van der Waals surface area contributed by atoms with E-state index >= 15 is 0 Å². The Morgan fingerprint density at radius 2 is 1.96 bits per heavy atom. The highest BCUT2D eigenvalue weighted by molar-refractivity contribution is 7.13. The summed E-state index contributed by atoms with van der Waals surface area (Å²) in [5.41, 5.74) is 0.178. The first-order chi connectivity index (χ1) is 11.7. The van der Waals surface area contributed by atoms with Crippen molar-refractivity contribution in [2.24, 2.45) is 0 Å². The van der Waals surface area contributed by atoms with Gasteiger partial charge in [-0.3, -0.25) is 4.90 Å². The number of hydrogen-bond acceptors (Lipinski definition) is 4. The van der Waals surface area contributed by atoms with E-state index in [2.05, 4.69) is 33.6 Å². The molecule has 0 spiro atoms. The van der Waals surface area contributed by atoms with Crippen molar-refractivity contribution in [3.8, 4) is 0 Å². The minimum absolute atomic E-state index is 0.232. The summed E-state index contributed by atoms with van der Waals surface area (Å²) in [4.78, 5) is 2.50. The Morgan fingerprint density at radius 1 is 1.21 bits per heavy atom. The molecule has 5 heteroatoms. The molecule has 0 radical (unpaired) electrons. The van der Waals surface area contributed by atoms with Gasteiger partial charge in [0.1, 0.15) is 17.1 Å². The molecule has 2 heterocycles. The highest BCUT2D eigenvalue weighted by Gasteiger charge is 2.34. The Kier molecular flexibility index (Phi) is 4.24. The zero-order valence-corrected chi connectivity index (χ0v) is 14.6. The summed E-state index contributed by atoms with van der Waals surface area (Å²) in [6.45, 7) is 2.30. The molecule has 24 heavy (non-hydrogen) atoms. The van der Waals surface area contributed by atoms with Gasteiger partial charge < -0.3 is 4.74 Å². The maximum atomic E-state index is 13.4. The van der Waals surface area contributed by atoms with Crippen LogP contribution in [0.15, 0.2) is 42.5 Å². The Morgan fingerprint density at radius 3 is 2.67 bits per heavy atom. The van der Waals surface area contributed by atoms with Gasteiger partial charge in [0.15, 0.2) is 0 Å². The highest BCUT2D eigenvalue weighted by Crippen LogP contribution is 2.38. The maximum absolute atomic E-state index is 13.4. The predicted octanol–water partition coefficient (Wildman–Crippen LogP) is 4.26. The van der Waals surface area contributed by atoms with Crippen molar-refractivity contribution in [3.05, 3.63) is 54.0 Å². The van der Waals surface area contributed by atoms with E-state index < -0.39 is 5.60 Å².